The summed E-state index contributed by atoms with van der Waals surface area (Å²) in [5.74, 6) is 2.18. The molecule has 0 aliphatic carbocycles. The number of carbonyl (C=O) groups is 1. The zero-order valence-electron chi connectivity index (χ0n) is 17.6. The maximum atomic E-state index is 13.1. The van der Waals surface area contributed by atoms with Gasteiger partial charge in [0.05, 0.1) is 24.5 Å². The molecule has 0 aromatic carbocycles. The van der Waals surface area contributed by atoms with Gasteiger partial charge in [-0.25, -0.2) is 0 Å². The average molecular weight is 402 g/mol. The van der Waals surface area contributed by atoms with Crippen LogP contribution in [0.4, 0.5) is 5.69 Å². The topological polar surface area (TPSA) is 83.5 Å². The third-order valence-electron chi connectivity index (χ3n) is 5.72. The molecule has 0 saturated carbocycles. The summed E-state index contributed by atoms with van der Waals surface area (Å²) >= 11 is 0. The summed E-state index contributed by atoms with van der Waals surface area (Å²) in [6.07, 6.45) is 6.46. The molecule has 4 heterocycles. The summed E-state index contributed by atoms with van der Waals surface area (Å²) in [6.45, 7) is 9.35. The molecule has 2 aliphatic rings. The third-order valence-corrected chi connectivity index (χ3v) is 5.72. The van der Waals surface area contributed by atoms with Gasteiger partial charge in [-0.05, 0) is 18.8 Å². The lowest BCUT2D eigenvalue weighted by Crippen LogP contribution is -2.57. The van der Waals surface area contributed by atoms with Crippen molar-refractivity contribution in [1.29, 1.82) is 0 Å². The van der Waals surface area contributed by atoms with E-state index in [0.29, 0.717) is 12.5 Å². The van der Waals surface area contributed by atoms with Gasteiger partial charge in [-0.2, -0.15) is 10.1 Å². The van der Waals surface area contributed by atoms with Gasteiger partial charge in [-0.1, -0.05) is 19.0 Å². The molecule has 0 spiro atoms. The second-order valence-corrected chi connectivity index (χ2v) is 8.53. The molecule has 1 amide bonds. The Hall–Kier alpha value is -2.26. The van der Waals surface area contributed by atoms with E-state index in [-0.39, 0.29) is 11.9 Å². The van der Waals surface area contributed by atoms with Crippen LogP contribution in [-0.2, 0) is 24.8 Å². The Morgan fingerprint density at radius 2 is 2.00 bits per heavy atom. The molecule has 2 fully saturated rings. The van der Waals surface area contributed by atoms with Crippen LogP contribution < -0.4 is 4.90 Å². The number of piperidine rings is 1. The van der Waals surface area contributed by atoms with E-state index in [4.69, 9.17) is 4.52 Å². The normalized spacial score (nSPS) is 22.0. The fourth-order valence-electron chi connectivity index (χ4n) is 4.22. The highest BCUT2D eigenvalue weighted by Crippen LogP contribution is 2.24. The lowest BCUT2D eigenvalue weighted by atomic mass is 10.0. The van der Waals surface area contributed by atoms with Crippen LogP contribution in [0.15, 0.2) is 16.9 Å². The number of hydrogen-bond donors (Lipinski definition) is 0. The largest absolute Gasteiger partial charge is 0.339 e. The van der Waals surface area contributed by atoms with Crippen molar-refractivity contribution in [2.24, 2.45) is 13.0 Å². The molecular weight excluding hydrogens is 370 g/mol. The molecule has 2 saturated heterocycles. The highest BCUT2D eigenvalue weighted by Gasteiger charge is 2.35. The number of piperazine rings is 1. The van der Waals surface area contributed by atoms with Crippen molar-refractivity contribution >= 4 is 11.6 Å². The molecule has 0 radical (unpaired) electrons. The first kappa shape index (κ1) is 20.0. The number of hydrogen-bond acceptors (Lipinski definition) is 7. The maximum absolute atomic E-state index is 13.1. The monoisotopic (exact) mass is 401 g/mol. The zero-order chi connectivity index (χ0) is 20.4. The van der Waals surface area contributed by atoms with E-state index in [1.807, 2.05) is 18.1 Å². The van der Waals surface area contributed by atoms with Crippen LogP contribution in [0.2, 0.25) is 0 Å². The molecule has 9 nitrogen and oxygen atoms in total. The molecular formula is C20H31N7O2. The highest BCUT2D eigenvalue weighted by molar-refractivity contribution is 5.97. The first-order valence-electron chi connectivity index (χ1n) is 10.6. The van der Waals surface area contributed by atoms with Crippen molar-refractivity contribution in [2.75, 3.05) is 37.6 Å². The van der Waals surface area contributed by atoms with E-state index in [1.165, 1.54) is 0 Å². The van der Waals surface area contributed by atoms with Crippen LogP contribution in [0.1, 0.15) is 38.4 Å². The number of carbonyl (C=O) groups excluding carboxylic acids is 1. The molecule has 2 aromatic rings. The number of aryl methyl sites for hydroxylation is 1. The van der Waals surface area contributed by atoms with Gasteiger partial charge in [0.2, 0.25) is 11.8 Å². The van der Waals surface area contributed by atoms with Gasteiger partial charge in [0.15, 0.2) is 5.82 Å². The molecule has 4 rings (SSSR count). The Bertz CT molecular complexity index is 822. The second kappa shape index (κ2) is 8.62. The Morgan fingerprint density at radius 1 is 1.21 bits per heavy atom. The predicted octanol–water partition coefficient (Wildman–Crippen LogP) is 1.31. The van der Waals surface area contributed by atoms with Gasteiger partial charge in [0.25, 0.3) is 0 Å². The Balaban J connectivity index is 1.31. The quantitative estimate of drug-likeness (QED) is 0.722. The summed E-state index contributed by atoms with van der Waals surface area (Å²) in [6, 6.07) is -0.0334. The second-order valence-electron chi connectivity index (χ2n) is 8.53. The van der Waals surface area contributed by atoms with Gasteiger partial charge in [-0.15, -0.1) is 0 Å². The number of rotatable bonds is 6. The van der Waals surface area contributed by atoms with E-state index in [0.717, 1.165) is 69.4 Å². The SMILES string of the molecule is CC(C)Cc1nc(CN2CCN([C@H]3CCCN(c4cnn(C)c4)C3=O)CC2)no1. The molecule has 2 aliphatic heterocycles. The van der Waals surface area contributed by atoms with Crippen LogP contribution in [0.25, 0.3) is 0 Å². The lowest BCUT2D eigenvalue weighted by Gasteiger charge is -2.42. The molecule has 1 atom stereocenters. The fraction of sp³-hybridized carbons (Fsp3) is 0.700. The first-order chi connectivity index (χ1) is 14.0. The van der Waals surface area contributed by atoms with Crippen molar-refractivity contribution < 1.29 is 9.32 Å². The molecule has 158 valence electrons. The third kappa shape index (κ3) is 4.67. The first-order valence-corrected chi connectivity index (χ1v) is 10.6. The Labute approximate surface area is 171 Å². The number of aromatic nitrogens is 4. The van der Waals surface area contributed by atoms with Crippen molar-refractivity contribution in [3.05, 3.63) is 24.1 Å². The van der Waals surface area contributed by atoms with Crippen LogP contribution in [-0.4, -0.2) is 74.4 Å². The van der Waals surface area contributed by atoms with Gasteiger partial charge >= 0.3 is 0 Å². The standard InChI is InChI=1S/C20H31N7O2/c1-15(2)11-19-22-18(23-29-19)14-25-7-9-26(10-8-25)17-5-4-6-27(20(17)28)16-12-21-24(3)13-16/h12-13,15,17H,4-11,14H2,1-3H3/t17-/m0/s1. The maximum Gasteiger partial charge on any atom is 0.244 e. The van der Waals surface area contributed by atoms with E-state index >= 15 is 0 Å². The Morgan fingerprint density at radius 3 is 2.69 bits per heavy atom. The minimum absolute atomic E-state index is 0.0334. The molecule has 0 bridgehead atoms. The molecule has 29 heavy (non-hydrogen) atoms. The summed E-state index contributed by atoms with van der Waals surface area (Å²) in [4.78, 5) is 24.2. The smallest absolute Gasteiger partial charge is 0.244 e. The summed E-state index contributed by atoms with van der Waals surface area (Å²) in [7, 11) is 1.88. The minimum atomic E-state index is -0.0334. The minimum Gasteiger partial charge on any atom is -0.339 e. The fourth-order valence-corrected chi connectivity index (χ4v) is 4.22. The van der Waals surface area contributed by atoms with Crippen molar-refractivity contribution in [3.63, 3.8) is 0 Å². The van der Waals surface area contributed by atoms with E-state index in [9.17, 15) is 4.79 Å². The number of amides is 1. The van der Waals surface area contributed by atoms with Gasteiger partial charge in [0.1, 0.15) is 0 Å². The van der Waals surface area contributed by atoms with E-state index in [2.05, 4.69) is 38.9 Å². The van der Waals surface area contributed by atoms with Crippen molar-refractivity contribution in [3.8, 4) is 0 Å². The van der Waals surface area contributed by atoms with Gasteiger partial charge < -0.3 is 9.42 Å². The molecule has 2 aromatic heterocycles. The zero-order valence-corrected chi connectivity index (χ0v) is 17.6. The van der Waals surface area contributed by atoms with Crippen LogP contribution in [0.5, 0.6) is 0 Å². The van der Waals surface area contributed by atoms with Gasteiger partial charge in [0, 0.05) is 52.4 Å². The van der Waals surface area contributed by atoms with Crippen molar-refractivity contribution in [2.45, 2.75) is 45.7 Å². The number of anilines is 1. The molecule has 0 unspecified atom stereocenters. The Kier molecular flexibility index (Phi) is 5.96. The summed E-state index contributed by atoms with van der Waals surface area (Å²) in [5, 5.41) is 8.33. The van der Waals surface area contributed by atoms with E-state index < -0.39 is 0 Å². The molecule has 9 heteroatoms. The summed E-state index contributed by atoms with van der Waals surface area (Å²) in [5.41, 5.74) is 0.898. The van der Waals surface area contributed by atoms with E-state index in [1.54, 1.807) is 10.9 Å². The average Bonchev–Trinajstić information content (AvgIpc) is 3.31. The van der Waals surface area contributed by atoms with Crippen LogP contribution in [0, 0.1) is 5.92 Å². The molecule has 0 N–H and O–H groups in total. The van der Waals surface area contributed by atoms with Crippen LogP contribution in [0.3, 0.4) is 0 Å². The highest BCUT2D eigenvalue weighted by atomic mass is 16.5. The van der Waals surface area contributed by atoms with Crippen LogP contribution >= 0.6 is 0 Å². The predicted molar refractivity (Wildman–Crippen MR) is 108 cm³/mol. The van der Waals surface area contributed by atoms with Crippen molar-refractivity contribution in [1.82, 2.24) is 29.7 Å². The summed E-state index contributed by atoms with van der Waals surface area (Å²) < 4.78 is 7.09. The number of nitrogens with zero attached hydrogens (tertiary/aromatic N) is 7. The lowest BCUT2D eigenvalue weighted by molar-refractivity contribution is -0.126. The van der Waals surface area contributed by atoms with Gasteiger partial charge in [-0.3, -0.25) is 19.3 Å².